The monoisotopic (exact) mass is 370 g/mol. The molecule has 0 heterocycles. The summed E-state index contributed by atoms with van der Waals surface area (Å²) in [5, 5.41) is 9.22. The van der Waals surface area contributed by atoms with Crippen molar-refractivity contribution in [3.8, 4) is 0 Å². The Balaban J connectivity index is 6.40. The maximum absolute atomic E-state index is 11.7. The summed E-state index contributed by atoms with van der Waals surface area (Å²) < 4.78 is 39.1. The summed E-state index contributed by atoms with van der Waals surface area (Å²) in [6, 6.07) is 0. The van der Waals surface area contributed by atoms with Crippen molar-refractivity contribution in [2.24, 2.45) is 17.8 Å². The zero-order valence-electron chi connectivity index (χ0n) is 15.8. The standard InChI is InChI=1S/C16H33O4.H2O.O.Ti/c1-11(2)15(12(3)4,20-14(7)8)16(18,13(5)6)19-10-9-17;;;/h11-14,17H,9-10H2,1-8H3;1H2;;/q-1;;;+2/p-1. The second-order valence-electron chi connectivity index (χ2n) is 7.03. The number of hydrogen-bond acceptors (Lipinski definition) is 5. The van der Waals surface area contributed by atoms with Gasteiger partial charge in [-0.25, -0.2) is 0 Å². The quantitative estimate of drug-likeness (QED) is 0.430. The molecule has 0 aliphatic rings. The average molecular weight is 370 g/mol. The zero-order chi connectivity index (χ0) is 18.4. The Morgan fingerprint density at radius 3 is 1.70 bits per heavy atom. The summed E-state index contributed by atoms with van der Waals surface area (Å²) in [7, 11) is 0. The van der Waals surface area contributed by atoms with Crippen molar-refractivity contribution in [2.75, 3.05) is 13.2 Å². The Morgan fingerprint density at radius 2 is 1.43 bits per heavy atom. The molecular formula is C16H34O6Ti. The van der Waals surface area contributed by atoms with Crippen molar-refractivity contribution in [1.29, 1.82) is 0 Å². The van der Waals surface area contributed by atoms with E-state index in [0.717, 1.165) is 0 Å². The van der Waals surface area contributed by atoms with Gasteiger partial charge in [0.25, 0.3) is 0 Å². The third kappa shape index (κ3) is 5.14. The molecule has 7 heteroatoms. The first-order valence-electron chi connectivity index (χ1n) is 8.32. The third-order valence-electron chi connectivity index (χ3n) is 4.10. The number of aliphatic hydroxyl groups is 1. The first-order valence-corrected chi connectivity index (χ1v) is 10.3. The maximum atomic E-state index is 11.7. The molecule has 0 saturated carbocycles. The molecule has 1 unspecified atom stereocenters. The van der Waals surface area contributed by atoms with Crippen LogP contribution in [0.25, 0.3) is 0 Å². The number of rotatable bonds is 11. The fraction of sp³-hybridized carbons (Fsp3) is 1.00. The van der Waals surface area contributed by atoms with Crippen molar-refractivity contribution in [1.82, 2.24) is 0 Å². The van der Waals surface area contributed by atoms with Crippen LogP contribution < -0.4 is 0 Å². The van der Waals surface area contributed by atoms with Crippen LogP contribution in [0.2, 0.25) is 0 Å². The van der Waals surface area contributed by atoms with Gasteiger partial charge in [-0.1, -0.05) is 0 Å². The van der Waals surface area contributed by atoms with Crippen LogP contribution in [-0.4, -0.2) is 39.5 Å². The molecule has 0 amide bonds. The first kappa shape index (κ1) is 23.3. The Morgan fingerprint density at radius 1 is 0.957 bits per heavy atom. The summed E-state index contributed by atoms with van der Waals surface area (Å²) in [6.07, 6.45) is -0.118. The first-order chi connectivity index (χ1) is 10.5. The molecule has 1 atom stereocenters. The number of ether oxygens (including phenoxy) is 2. The van der Waals surface area contributed by atoms with Crippen molar-refractivity contribution >= 4 is 0 Å². The minimum atomic E-state index is -3.94. The van der Waals surface area contributed by atoms with Crippen LogP contribution in [0.1, 0.15) is 55.4 Å². The summed E-state index contributed by atoms with van der Waals surface area (Å²) in [6.45, 7) is 15.4. The number of hydrogen-bond donors (Lipinski definition) is 2. The van der Waals surface area contributed by atoms with Crippen LogP contribution >= 0.6 is 0 Å². The predicted octanol–water partition coefficient (Wildman–Crippen LogP) is 2.63. The van der Waals surface area contributed by atoms with Gasteiger partial charge in [0.2, 0.25) is 0 Å². The van der Waals surface area contributed by atoms with Crippen molar-refractivity contribution < 1.29 is 43.5 Å². The van der Waals surface area contributed by atoms with Gasteiger partial charge in [0.1, 0.15) is 0 Å². The fourth-order valence-corrected chi connectivity index (χ4v) is 4.61. The molecule has 138 valence electrons. The molecule has 0 spiro atoms. The van der Waals surface area contributed by atoms with Gasteiger partial charge >= 0.3 is 147 Å². The van der Waals surface area contributed by atoms with E-state index >= 15 is 0 Å². The summed E-state index contributed by atoms with van der Waals surface area (Å²) >= 11 is -3.94. The molecule has 23 heavy (non-hydrogen) atoms. The topological polar surface area (TPSA) is 85.2 Å². The molecule has 0 saturated heterocycles. The van der Waals surface area contributed by atoms with Crippen molar-refractivity contribution in [2.45, 2.75) is 72.9 Å². The zero-order valence-corrected chi connectivity index (χ0v) is 17.3. The van der Waals surface area contributed by atoms with Gasteiger partial charge in [-0.2, -0.15) is 0 Å². The van der Waals surface area contributed by atoms with E-state index in [-0.39, 0.29) is 37.1 Å². The molecule has 0 aromatic rings. The van der Waals surface area contributed by atoms with E-state index in [0.29, 0.717) is 0 Å². The van der Waals surface area contributed by atoms with Crippen LogP contribution in [0, 0.1) is 17.8 Å². The normalized spacial score (nSPS) is 15.7. The van der Waals surface area contributed by atoms with Gasteiger partial charge in [-0.3, -0.25) is 0 Å². The Bertz CT molecular complexity index is 362. The summed E-state index contributed by atoms with van der Waals surface area (Å²) in [5.74, 6) is -1.73. The van der Waals surface area contributed by atoms with Crippen LogP contribution in [0.3, 0.4) is 0 Å². The minimum absolute atomic E-state index is 0.00637. The third-order valence-corrected chi connectivity index (χ3v) is 4.84. The predicted molar refractivity (Wildman–Crippen MR) is 83.2 cm³/mol. The second kappa shape index (κ2) is 9.71. The van der Waals surface area contributed by atoms with E-state index in [9.17, 15) is 12.1 Å². The fourth-order valence-electron chi connectivity index (χ4n) is 3.50. The van der Waals surface area contributed by atoms with Crippen LogP contribution in [0.15, 0.2) is 0 Å². The van der Waals surface area contributed by atoms with Gasteiger partial charge in [-0.05, 0) is 0 Å². The van der Waals surface area contributed by atoms with E-state index in [4.69, 9.17) is 12.8 Å². The van der Waals surface area contributed by atoms with E-state index in [1.165, 1.54) is 0 Å². The van der Waals surface area contributed by atoms with E-state index < -0.39 is 30.0 Å². The molecule has 0 aliphatic heterocycles. The van der Waals surface area contributed by atoms with Gasteiger partial charge in [0.05, 0.1) is 0 Å². The molecule has 0 radical (unpaired) electrons. The molecule has 0 aromatic heterocycles. The van der Waals surface area contributed by atoms with Gasteiger partial charge in [0, 0.05) is 0 Å². The molecule has 0 aliphatic carbocycles. The number of aliphatic hydroxyl groups excluding tert-OH is 1. The summed E-state index contributed by atoms with van der Waals surface area (Å²) in [4.78, 5) is 0. The Hall–Kier alpha value is 0.314. The van der Waals surface area contributed by atoms with Gasteiger partial charge < -0.3 is 0 Å². The van der Waals surface area contributed by atoms with Crippen LogP contribution in [-0.2, 0) is 34.7 Å². The van der Waals surface area contributed by atoms with Crippen LogP contribution in [0.4, 0.5) is 0 Å². The molecule has 2 N–H and O–H groups in total. The average Bonchev–Trinajstić information content (AvgIpc) is 2.39. The van der Waals surface area contributed by atoms with Crippen LogP contribution in [0.5, 0.6) is 0 Å². The molecule has 0 bridgehead atoms. The molecule has 0 rings (SSSR count). The summed E-state index contributed by atoms with van der Waals surface area (Å²) in [5.41, 5.74) is -0.935. The van der Waals surface area contributed by atoms with Gasteiger partial charge in [-0.15, -0.1) is 0 Å². The molecular weight excluding hydrogens is 336 g/mol. The van der Waals surface area contributed by atoms with E-state index in [1.54, 1.807) is 0 Å². The van der Waals surface area contributed by atoms with E-state index in [1.807, 2.05) is 55.4 Å². The SMILES string of the molecule is CC(C)OC(C(C)C)(C(C)C)C(OCCO)([O][Ti](=[O])[OH])C(C)C. The molecule has 6 nitrogen and oxygen atoms in total. The van der Waals surface area contributed by atoms with Crippen molar-refractivity contribution in [3.63, 3.8) is 0 Å². The van der Waals surface area contributed by atoms with E-state index in [2.05, 4.69) is 0 Å². The van der Waals surface area contributed by atoms with Crippen molar-refractivity contribution in [3.05, 3.63) is 0 Å². The Labute approximate surface area is 147 Å². The molecule has 0 fully saturated rings. The Kier molecular flexibility index (Phi) is 9.84. The second-order valence-corrected chi connectivity index (χ2v) is 8.18. The molecule has 0 aromatic carbocycles. The van der Waals surface area contributed by atoms with Gasteiger partial charge in [0.15, 0.2) is 0 Å².